The van der Waals surface area contributed by atoms with Gasteiger partial charge >= 0.3 is 0 Å². The Labute approximate surface area is 213 Å². The summed E-state index contributed by atoms with van der Waals surface area (Å²) in [7, 11) is 2.06. The molecule has 2 aromatic rings. The zero-order valence-corrected chi connectivity index (χ0v) is 21.5. The van der Waals surface area contributed by atoms with Crippen LogP contribution in [0, 0.1) is 0 Å². The van der Waals surface area contributed by atoms with Gasteiger partial charge in [-0.2, -0.15) is 0 Å². The van der Waals surface area contributed by atoms with Crippen molar-refractivity contribution in [3.05, 3.63) is 63.1 Å². The summed E-state index contributed by atoms with van der Waals surface area (Å²) in [6.45, 7) is 4.20. The lowest BCUT2D eigenvalue weighted by Gasteiger charge is -2.18. The number of rotatable bonds is 17. The Bertz CT molecular complexity index is 833. The number of halogens is 2. The number of aliphatic hydroxyl groups excluding tert-OH is 2. The first kappa shape index (κ1) is 28.9. The minimum absolute atomic E-state index is 0.0431. The molecule has 34 heavy (non-hydrogen) atoms. The van der Waals surface area contributed by atoms with Gasteiger partial charge in [-0.15, -0.1) is 0 Å². The molecule has 0 bridgehead atoms. The van der Waals surface area contributed by atoms with E-state index in [0.29, 0.717) is 27.7 Å². The first-order chi connectivity index (χ1) is 16.4. The first-order valence-electron chi connectivity index (χ1n) is 11.9. The van der Waals surface area contributed by atoms with E-state index in [2.05, 4.69) is 17.3 Å². The molecule has 0 spiro atoms. The van der Waals surface area contributed by atoms with Gasteiger partial charge in [0.15, 0.2) is 0 Å². The van der Waals surface area contributed by atoms with Crippen molar-refractivity contribution >= 4 is 23.2 Å². The monoisotopic (exact) mass is 512 g/mol. The van der Waals surface area contributed by atoms with E-state index < -0.39 is 6.10 Å². The highest BCUT2D eigenvalue weighted by atomic mass is 35.5. The molecule has 8 heteroatoms. The van der Waals surface area contributed by atoms with E-state index >= 15 is 0 Å². The van der Waals surface area contributed by atoms with Crippen LogP contribution in [0.15, 0.2) is 36.4 Å². The Morgan fingerprint density at radius 3 is 2.44 bits per heavy atom. The fraction of sp³-hybridized carbons (Fsp3) is 0.538. The molecule has 0 aliphatic carbocycles. The van der Waals surface area contributed by atoms with Crippen molar-refractivity contribution in [1.29, 1.82) is 0 Å². The molecule has 0 heterocycles. The molecule has 190 valence electrons. The summed E-state index contributed by atoms with van der Waals surface area (Å²) in [5, 5.41) is 33.7. The Morgan fingerprint density at radius 2 is 1.71 bits per heavy atom. The predicted molar refractivity (Wildman–Crippen MR) is 139 cm³/mol. The smallest absolute Gasteiger partial charge is 0.121 e. The summed E-state index contributed by atoms with van der Waals surface area (Å²) in [5.41, 5.74) is 2.08. The highest BCUT2D eigenvalue weighted by Crippen LogP contribution is 2.25. The molecule has 0 saturated heterocycles. The van der Waals surface area contributed by atoms with Gasteiger partial charge < -0.3 is 30.3 Å². The van der Waals surface area contributed by atoms with Gasteiger partial charge in [-0.25, -0.2) is 0 Å². The van der Waals surface area contributed by atoms with Gasteiger partial charge in [-0.3, -0.25) is 0 Å². The number of ether oxygens (including phenoxy) is 1. The van der Waals surface area contributed by atoms with Gasteiger partial charge in [-0.1, -0.05) is 48.2 Å². The number of hydrogen-bond donors (Lipinski definition) is 4. The Morgan fingerprint density at radius 1 is 1.00 bits per heavy atom. The number of unbranched alkanes of at least 4 members (excludes halogenated alkanes) is 3. The average Bonchev–Trinajstić information content (AvgIpc) is 2.82. The molecule has 0 fully saturated rings. The minimum Gasteiger partial charge on any atom is -0.508 e. The largest absolute Gasteiger partial charge is 0.508 e. The summed E-state index contributed by atoms with van der Waals surface area (Å²) < 4.78 is 5.75. The maximum Gasteiger partial charge on any atom is 0.121 e. The third-order valence-electron chi connectivity index (χ3n) is 5.71. The molecule has 6 nitrogen and oxygen atoms in total. The van der Waals surface area contributed by atoms with Crippen LogP contribution in [0.3, 0.4) is 0 Å². The number of aromatic hydroxyl groups is 1. The number of aliphatic hydroxyl groups is 2. The molecule has 0 radical (unpaired) electrons. The van der Waals surface area contributed by atoms with Crippen molar-refractivity contribution in [2.45, 2.75) is 51.4 Å². The van der Waals surface area contributed by atoms with Gasteiger partial charge in [0.25, 0.3) is 0 Å². The van der Waals surface area contributed by atoms with Crippen LogP contribution < -0.4 is 5.32 Å². The molecule has 0 saturated carbocycles. The summed E-state index contributed by atoms with van der Waals surface area (Å²) in [6.07, 6.45) is 4.62. The van der Waals surface area contributed by atoms with Crippen molar-refractivity contribution in [3.8, 4) is 5.75 Å². The molecule has 0 aliphatic rings. The molecule has 1 atom stereocenters. The number of nitrogens with one attached hydrogen (secondary N) is 1. The van der Waals surface area contributed by atoms with Crippen LogP contribution in [-0.2, 0) is 17.9 Å². The minimum atomic E-state index is -0.667. The maximum absolute atomic E-state index is 10.3. The second-order valence-electron chi connectivity index (χ2n) is 8.58. The topological polar surface area (TPSA) is 85.2 Å². The van der Waals surface area contributed by atoms with Crippen LogP contribution >= 0.6 is 23.2 Å². The predicted octanol–water partition coefficient (Wildman–Crippen LogP) is 4.91. The standard InChI is InChI=1S/C26H38Cl2N2O4/c1-30(18-22-23(27)8-6-9-24(22)28)13-7-15-34-14-5-3-2-4-12-29-17-26(33)20-10-11-25(32)21(16-20)19-31/h6,8-11,16,26,29,31-33H,2-5,7,12-15,17-19H2,1H3. The Balaban J connectivity index is 1.43. The highest BCUT2D eigenvalue weighted by Gasteiger charge is 2.10. The molecule has 0 amide bonds. The fourth-order valence-electron chi connectivity index (χ4n) is 3.67. The number of phenols is 1. The van der Waals surface area contributed by atoms with Crippen LogP contribution in [-0.4, -0.2) is 60.1 Å². The molecule has 1 unspecified atom stereocenters. The lowest BCUT2D eigenvalue weighted by Crippen LogP contribution is -2.22. The van der Waals surface area contributed by atoms with E-state index in [0.717, 1.165) is 70.5 Å². The van der Waals surface area contributed by atoms with E-state index in [9.17, 15) is 15.3 Å². The first-order valence-corrected chi connectivity index (χ1v) is 12.7. The molecule has 0 aromatic heterocycles. The lowest BCUT2D eigenvalue weighted by molar-refractivity contribution is 0.119. The number of nitrogens with zero attached hydrogens (tertiary/aromatic N) is 1. The van der Waals surface area contributed by atoms with Crippen molar-refractivity contribution in [2.75, 3.05) is 39.9 Å². The molecule has 2 rings (SSSR count). The third kappa shape index (κ3) is 10.5. The average molecular weight is 514 g/mol. The Kier molecular flexibility index (Phi) is 13.9. The molecule has 2 aromatic carbocycles. The van der Waals surface area contributed by atoms with Crippen LogP contribution in [0.25, 0.3) is 0 Å². The van der Waals surface area contributed by atoms with E-state index in [1.807, 2.05) is 18.2 Å². The summed E-state index contributed by atoms with van der Waals surface area (Å²) >= 11 is 12.5. The highest BCUT2D eigenvalue weighted by molar-refractivity contribution is 6.35. The van der Waals surface area contributed by atoms with E-state index in [1.165, 1.54) is 6.07 Å². The Hall–Kier alpha value is -1.38. The van der Waals surface area contributed by atoms with Crippen molar-refractivity contribution in [2.24, 2.45) is 0 Å². The van der Waals surface area contributed by atoms with E-state index in [4.69, 9.17) is 27.9 Å². The molecule has 4 N–H and O–H groups in total. The zero-order chi connectivity index (χ0) is 24.8. The number of hydrogen-bond acceptors (Lipinski definition) is 6. The molecule has 0 aliphatic heterocycles. The van der Waals surface area contributed by atoms with Gasteiger partial charge in [0.05, 0.1) is 12.7 Å². The number of benzene rings is 2. The SMILES string of the molecule is CN(CCCOCCCCCCNCC(O)c1ccc(O)c(CO)c1)Cc1c(Cl)cccc1Cl. The third-order valence-corrected chi connectivity index (χ3v) is 6.42. The van der Waals surface area contributed by atoms with Crippen LogP contribution in [0.2, 0.25) is 10.0 Å². The van der Waals surface area contributed by atoms with E-state index in [1.54, 1.807) is 12.1 Å². The summed E-state index contributed by atoms with van der Waals surface area (Å²) in [5.74, 6) is 0.0431. The zero-order valence-electron chi connectivity index (χ0n) is 20.0. The van der Waals surface area contributed by atoms with Gasteiger partial charge in [-0.05, 0) is 62.7 Å². The van der Waals surface area contributed by atoms with Gasteiger partial charge in [0.2, 0.25) is 0 Å². The van der Waals surface area contributed by atoms with Crippen LogP contribution in [0.4, 0.5) is 0 Å². The van der Waals surface area contributed by atoms with E-state index in [-0.39, 0.29) is 12.4 Å². The molecular formula is C26H38Cl2N2O4. The normalized spacial score (nSPS) is 12.4. The lowest BCUT2D eigenvalue weighted by atomic mass is 10.1. The van der Waals surface area contributed by atoms with Gasteiger partial charge in [0, 0.05) is 54.0 Å². The van der Waals surface area contributed by atoms with Crippen LogP contribution in [0.1, 0.15) is 54.9 Å². The van der Waals surface area contributed by atoms with Gasteiger partial charge in [0.1, 0.15) is 5.75 Å². The van der Waals surface area contributed by atoms with Crippen LogP contribution in [0.5, 0.6) is 5.75 Å². The van der Waals surface area contributed by atoms with Crippen molar-refractivity contribution in [3.63, 3.8) is 0 Å². The van der Waals surface area contributed by atoms with Crippen molar-refractivity contribution < 1.29 is 20.1 Å². The summed E-state index contributed by atoms with van der Waals surface area (Å²) in [4.78, 5) is 2.20. The fourth-order valence-corrected chi connectivity index (χ4v) is 4.19. The van der Waals surface area contributed by atoms with Crippen molar-refractivity contribution in [1.82, 2.24) is 10.2 Å². The quantitative estimate of drug-likeness (QED) is 0.225. The summed E-state index contributed by atoms with van der Waals surface area (Å²) in [6, 6.07) is 10.4. The second kappa shape index (κ2) is 16.3. The second-order valence-corrected chi connectivity index (χ2v) is 9.40. The maximum atomic E-state index is 10.3. The molecular weight excluding hydrogens is 475 g/mol.